The average Bonchev–Trinajstić information content (AvgIpc) is 2.85. The molecule has 0 aromatic heterocycles. The molecule has 1 N–H and O–H groups in total. The number of nitrogens with one attached hydrogen (secondary N) is 1. The molecule has 1 saturated heterocycles. The van der Waals surface area contributed by atoms with Crippen LogP contribution in [0.1, 0.15) is 6.42 Å². The predicted octanol–water partition coefficient (Wildman–Crippen LogP) is 2.90. The predicted molar refractivity (Wildman–Crippen MR) is 77.1 cm³/mol. The lowest BCUT2D eigenvalue weighted by molar-refractivity contribution is -0.119. The molecule has 1 fully saturated rings. The van der Waals surface area contributed by atoms with Crippen LogP contribution < -0.4 is 5.32 Å². The third-order valence-electron chi connectivity index (χ3n) is 2.85. The van der Waals surface area contributed by atoms with E-state index in [1.807, 2.05) is 0 Å². The number of anilines is 1. The van der Waals surface area contributed by atoms with E-state index in [0.29, 0.717) is 19.6 Å². The van der Waals surface area contributed by atoms with Crippen molar-refractivity contribution in [3.8, 4) is 0 Å². The monoisotopic (exact) mass is 357 g/mol. The lowest BCUT2D eigenvalue weighted by atomic mass is 10.1. The Morgan fingerprint density at radius 2 is 1.90 bits per heavy atom. The van der Waals surface area contributed by atoms with Crippen LogP contribution >= 0.6 is 33.9 Å². The molecule has 1 aromatic carbocycles. The molecule has 0 aliphatic carbocycles. The maximum absolute atomic E-state index is 11.9. The number of ether oxygens (including phenoxy) is 1. The highest BCUT2D eigenvalue weighted by Gasteiger charge is 2.25. The van der Waals surface area contributed by atoms with Crippen LogP contribution in [0.2, 0.25) is 10.0 Å². The van der Waals surface area contributed by atoms with E-state index < -0.39 is 9.05 Å². The van der Waals surface area contributed by atoms with Crippen molar-refractivity contribution in [1.29, 1.82) is 0 Å². The van der Waals surface area contributed by atoms with E-state index in [1.54, 1.807) is 0 Å². The zero-order valence-corrected chi connectivity index (χ0v) is 13.1. The Morgan fingerprint density at radius 3 is 2.35 bits per heavy atom. The maximum Gasteiger partial charge on any atom is 0.261 e. The van der Waals surface area contributed by atoms with Gasteiger partial charge in [-0.3, -0.25) is 4.79 Å². The van der Waals surface area contributed by atoms with Crippen molar-refractivity contribution in [3.05, 3.63) is 22.2 Å². The third-order valence-corrected chi connectivity index (χ3v) is 4.78. The fraction of sp³-hybridized carbons (Fsp3) is 0.364. The first-order chi connectivity index (χ1) is 9.29. The Morgan fingerprint density at radius 1 is 1.30 bits per heavy atom. The van der Waals surface area contributed by atoms with Crippen LogP contribution in [-0.2, 0) is 18.6 Å². The molecule has 20 heavy (non-hydrogen) atoms. The quantitative estimate of drug-likeness (QED) is 0.843. The number of amides is 1. The fourth-order valence-electron chi connectivity index (χ4n) is 1.78. The number of hydrogen-bond acceptors (Lipinski definition) is 4. The molecular weight excluding hydrogens is 349 g/mol. The molecule has 1 aliphatic heterocycles. The highest BCUT2D eigenvalue weighted by atomic mass is 35.7. The van der Waals surface area contributed by atoms with Gasteiger partial charge in [-0.1, -0.05) is 23.2 Å². The number of rotatable bonds is 3. The zero-order valence-electron chi connectivity index (χ0n) is 10.0. The highest BCUT2D eigenvalue weighted by molar-refractivity contribution is 8.13. The minimum atomic E-state index is -3.94. The summed E-state index contributed by atoms with van der Waals surface area (Å²) in [4.78, 5) is 11.7. The first-order valence-electron chi connectivity index (χ1n) is 5.61. The smallest absolute Gasteiger partial charge is 0.261 e. The molecule has 1 atom stereocenters. The average molecular weight is 359 g/mol. The van der Waals surface area contributed by atoms with E-state index in [9.17, 15) is 13.2 Å². The van der Waals surface area contributed by atoms with Gasteiger partial charge in [0.1, 0.15) is 0 Å². The minimum Gasteiger partial charge on any atom is -0.381 e. The van der Waals surface area contributed by atoms with Crippen LogP contribution in [0.5, 0.6) is 0 Å². The van der Waals surface area contributed by atoms with Crippen LogP contribution in [0, 0.1) is 5.92 Å². The topological polar surface area (TPSA) is 72.5 Å². The molecule has 0 saturated carbocycles. The molecule has 0 spiro atoms. The Hall–Kier alpha value is -0.530. The van der Waals surface area contributed by atoms with Crippen LogP contribution in [0.4, 0.5) is 5.69 Å². The van der Waals surface area contributed by atoms with Gasteiger partial charge in [-0.05, 0) is 18.6 Å². The van der Waals surface area contributed by atoms with Gasteiger partial charge < -0.3 is 10.1 Å². The van der Waals surface area contributed by atoms with Gasteiger partial charge in [0, 0.05) is 17.3 Å². The van der Waals surface area contributed by atoms with Crippen molar-refractivity contribution in [2.75, 3.05) is 18.5 Å². The molecular formula is C11H10Cl3NO4S. The molecule has 1 amide bonds. The Kier molecular flexibility index (Phi) is 4.81. The lowest BCUT2D eigenvalue weighted by Crippen LogP contribution is -2.23. The van der Waals surface area contributed by atoms with E-state index in [1.165, 1.54) is 0 Å². The highest BCUT2D eigenvalue weighted by Crippen LogP contribution is 2.35. The lowest BCUT2D eigenvalue weighted by Gasteiger charge is -2.13. The van der Waals surface area contributed by atoms with Crippen molar-refractivity contribution in [2.45, 2.75) is 11.3 Å². The van der Waals surface area contributed by atoms with Gasteiger partial charge in [-0.2, -0.15) is 0 Å². The Bertz CT molecular complexity index is 618. The van der Waals surface area contributed by atoms with Crippen molar-refractivity contribution in [1.82, 2.24) is 0 Å². The van der Waals surface area contributed by atoms with E-state index in [4.69, 9.17) is 38.6 Å². The Labute approximate surface area is 130 Å². The summed E-state index contributed by atoms with van der Waals surface area (Å²) in [6.07, 6.45) is 0.620. The van der Waals surface area contributed by atoms with Crippen LogP contribution in [-0.4, -0.2) is 27.5 Å². The minimum absolute atomic E-state index is 0.00369. The van der Waals surface area contributed by atoms with Gasteiger partial charge in [-0.15, -0.1) is 0 Å². The summed E-state index contributed by atoms with van der Waals surface area (Å²) < 4.78 is 27.6. The van der Waals surface area contributed by atoms with Gasteiger partial charge in [0.2, 0.25) is 5.91 Å². The maximum atomic E-state index is 11.9. The van der Waals surface area contributed by atoms with Crippen LogP contribution in [0.15, 0.2) is 17.0 Å². The van der Waals surface area contributed by atoms with Gasteiger partial charge in [-0.25, -0.2) is 8.42 Å². The first-order valence-corrected chi connectivity index (χ1v) is 8.68. The summed E-state index contributed by atoms with van der Waals surface area (Å²) in [5.74, 6) is -0.536. The molecule has 1 aliphatic rings. The Balaban J connectivity index is 2.26. The molecule has 110 valence electrons. The third kappa shape index (κ3) is 3.56. The van der Waals surface area contributed by atoms with Crippen LogP contribution in [0.3, 0.4) is 0 Å². The summed E-state index contributed by atoms with van der Waals surface area (Å²) in [6, 6.07) is 2.27. The van der Waals surface area contributed by atoms with Gasteiger partial charge in [0.05, 0.1) is 33.2 Å². The van der Waals surface area contributed by atoms with Crippen molar-refractivity contribution in [2.24, 2.45) is 5.92 Å². The van der Waals surface area contributed by atoms with E-state index >= 15 is 0 Å². The number of carbonyl (C=O) groups excluding carboxylic acids is 1. The van der Waals surface area contributed by atoms with Gasteiger partial charge in [0.25, 0.3) is 9.05 Å². The summed E-state index contributed by atoms with van der Waals surface area (Å²) in [6.45, 7) is 0.873. The second kappa shape index (κ2) is 6.07. The number of halogens is 3. The molecule has 0 bridgehead atoms. The van der Waals surface area contributed by atoms with Crippen molar-refractivity contribution >= 4 is 54.5 Å². The number of benzene rings is 1. The zero-order chi connectivity index (χ0) is 14.9. The molecule has 9 heteroatoms. The first kappa shape index (κ1) is 15.9. The molecule has 5 nitrogen and oxygen atoms in total. The molecule has 1 aromatic rings. The molecule has 0 radical (unpaired) electrons. The van der Waals surface area contributed by atoms with Gasteiger partial charge >= 0.3 is 0 Å². The van der Waals surface area contributed by atoms with Crippen LogP contribution in [0.25, 0.3) is 0 Å². The number of hydrogen-bond donors (Lipinski definition) is 1. The summed E-state index contributed by atoms with van der Waals surface area (Å²) in [7, 11) is 1.28. The summed E-state index contributed by atoms with van der Waals surface area (Å²) in [5, 5.41) is 2.59. The standard InChI is InChI=1S/C11H10Cl3NO4S/c12-8-3-7(20(14,17)18)4-9(13)10(8)15-11(16)6-1-2-19-5-6/h3-4,6H,1-2,5H2,(H,15,16). The largest absolute Gasteiger partial charge is 0.381 e. The van der Waals surface area contributed by atoms with E-state index in [-0.39, 0.29) is 32.5 Å². The molecule has 1 unspecified atom stereocenters. The van der Waals surface area contributed by atoms with Gasteiger partial charge in [0.15, 0.2) is 0 Å². The molecule has 1 heterocycles. The normalized spacial score (nSPS) is 19.1. The van der Waals surface area contributed by atoms with Crippen molar-refractivity contribution in [3.63, 3.8) is 0 Å². The number of carbonyl (C=O) groups is 1. The second-order valence-corrected chi connectivity index (χ2v) is 7.63. The van der Waals surface area contributed by atoms with E-state index in [2.05, 4.69) is 5.32 Å². The van der Waals surface area contributed by atoms with E-state index in [0.717, 1.165) is 12.1 Å². The fourth-order valence-corrected chi connectivity index (χ4v) is 3.27. The molecule has 2 rings (SSSR count). The second-order valence-electron chi connectivity index (χ2n) is 4.25. The summed E-state index contributed by atoms with van der Waals surface area (Å²) in [5.41, 5.74) is 0.161. The SMILES string of the molecule is O=C(Nc1c(Cl)cc(S(=O)(=O)Cl)cc1Cl)C1CCOC1. The van der Waals surface area contributed by atoms with Crippen molar-refractivity contribution < 1.29 is 17.9 Å². The summed E-state index contributed by atoms with van der Waals surface area (Å²) >= 11 is 11.9.